The number of nitrogens with one attached hydrogen (secondary N) is 2. The molecule has 13 heteroatoms. The van der Waals surface area contributed by atoms with E-state index in [2.05, 4.69) is 32.0 Å². The van der Waals surface area contributed by atoms with Gasteiger partial charge in [0, 0.05) is 25.2 Å². The Labute approximate surface area is 226 Å². The number of piperazine rings is 1. The van der Waals surface area contributed by atoms with Gasteiger partial charge in [-0.15, -0.1) is 5.10 Å². The number of tetrazole rings is 1. The van der Waals surface area contributed by atoms with E-state index in [0.29, 0.717) is 31.8 Å². The summed E-state index contributed by atoms with van der Waals surface area (Å²) in [5.74, 6) is 0.224. The number of H-pyrrole nitrogens is 1. The Balaban J connectivity index is 1.35. The highest BCUT2D eigenvalue weighted by Gasteiger charge is 2.52. The SMILES string of the molecule is CC1CC(C#N)N(C(=O)C(CN2C[C@@H]3CC2C(=O)N3c2ccccc2-c2nnn[nH]2)NC(=O)OC(C)(C)C)C1. The van der Waals surface area contributed by atoms with Gasteiger partial charge < -0.3 is 19.9 Å². The first-order valence-corrected chi connectivity index (χ1v) is 13.2. The Hall–Kier alpha value is -4.05. The largest absolute Gasteiger partial charge is 0.444 e. The summed E-state index contributed by atoms with van der Waals surface area (Å²) in [5.41, 5.74) is 0.695. The minimum atomic E-state index is -0.964. The molecular formula is C26H33N9O4. The van der Waals surface area contributed by atoms with E-state index in [0.717, 1.165) is 11.3 Å². The van der Waals surface area contributed by atoms with Gasteiger partial charge in [0.25, 0.3) is 0 Å². The van der Waals surface area contributed by atoms with Crippen LogP contribution in [0.25, 0.3) is 11.4 Å². The Morgan fingerprint density at radius 2 is 2.03 bits per heavy atom. The van der Waals surface area contributed by atoms with Crippen molar-refractivity contribution in [2.24, 2.45) is 5.92 Å². The van der Waals surface area contributed by atoms with Crippen molar-refractivity contribution < 1.29 is 19.1 Å². The number of nitriles is 1. The van der Waals surface area contributed by atoms with Crippen molar-refractivity contribution in [1.29, 1.82) is 5.26 Å². The lowest BCUT2D eigenvalue weighted by atomic mass is 10.1. The minimum Gasteiger partial charge on any atom is -0.444 e. The molecule has 4 unspecified atom stereocenters. The van der Waals surface area contributed by atoms with E-state index < -0.39 is 29.8 Å². The number of amides is 3. The minimum absolute atomic E-state index is 0.0839. The van der Waals surface area contributed by atoms with Crippen molar-refractivity contribution in [2.75, 3.05) is 24.5 Å². The van der Waals surface area contributed by atoms with Crippen LogP contribution in [0.3, 0.4) is 0 Å². The average molecular weight is 536 g/mol. The third-order valence-electron chi connectivity index (χ3n) is 7.38. The highest BCUT2D eigenvalue weighted by molar-refractivity contribution is 6.04. The monoisotopic (exact) mass is 535 g/mol. The first-order valence-electron chi connectivity index (χ1n) is 13.2. The number of ether oxygens (including phenoxy) is 1. The average Bonchev–Trinajstić information content (AvgIpc) is 3.66. The van der Waals surface area contributed by atoms with E-state index in [1.54, 1.807) is 25.7 Å². The van der Waals surface area contributed by atoms with Gasteiger partial charge in [-0.1, -0.05) is 19.1 Å². The molecule has 3 aliphatic heterocycles. The smallest absolute Gasteiger partial charge is 0.408 e. The predicted molar refractivity (Wildman–Crippen MR) is 139 cm³/mol. The number of carbonyl (C=O) groups is 3. The first-order chi connectivity index (χ1) is 18.6. The lowest BCUT2D eigenvalue weighted by Crippen LogP contribution is -2.59. The molecule has 0 aliphatic carbocycles. The van der Waals surface area contributed by atoms with E-state index in [9.17, 15) is 19.6 Å². The molecule has 3 amide bonds. The van der Waals surface area contributed by atoms with Crippen LogP contribution in [0.4, 0.5) is 10.5 Å². The molecule has 3 saturated heterocycles. The first kappa shape index (κ1) is 26.6. The molecule has 1 aromatic heterocycles. The fourth-order valence-corrected chi connectivity index (χ4v) is 5.82. The number of hydrogen-bond acceptors (Lipinski definition) is 9. The zero-order chi connectivity index (χ0) is 27.9. The van der Waals surface area contributed by atoms with E-state index in [4.69, 9.17) is 4.74 Å². The maximum atomic E-state index is 13.7. The molecule has 2 N–H and O–H groups in total. The predicted octanol–water partition coefficient (Wildman–Crippen LogP) is 1.31. The Morgan fingerprint density at radius 3 is 2.69 bits per heavy atom. The molecule has 4 heterocycles. The van der Waals surface area contributed by atoms with Crippen molar-refractivity contribution in [2.45, 2.75) is 70.3 Å². The molecule has 2 bridgehead atoms. The molecule has 5 rings (SSSR count). The van der Waals surface area contributed by atoms with Crippen LogP contribution in [0.1, 0.15) is 40.5 Å². The summed E-state index contributed by atoms with van der Waals surface area (Å²) in [4.78, 5) is 45.3. The van der Waals surface area contributed by atoms with Crippen LogP contribution in [-0.2, 0) is 14.3 Å². The fourth-order valence-electron chi connectivity index (χ4n) is 5.82. The number of aromatic amines is 1. The Kier molecular flexibility index (Phi) is 6.98. The number of aromatic nitrogens is 4. The molecule has 0 spiro atoms. The molecule has 3 aliphatic rings. The molecule has 0 saturated carbocycles. The molecule has 1 aromatic carbocycles. The van der Waals surface area contributed by atoms with Crippen molar-refractivity contribution in [3.05, 3.63) is 24.3 Å². The summed E-state index contributed by atoms with van der Waals surface area (Å²) in [5, 5.41) is 26.4. The molecule has 5 atom stereocenters. The van der Waals surface area contributed by atoms with Gasteiger partial charge in [-0.05, 0) is 62.1 Å². The van der Waals surface area contributed by atoms with Gasteiger partial charge in [0.05, 0.1) is 23.8 Å². The molecule has 0 radical (unpaired) electrons. The lowest BCUT2D eigenvalue weighted by molar-refractivity contribution is -0.135. The number of carbonyl (C=O) groups excluding carboxylic acids is 3. The normalized spacial score (nSPS) is 25.6. The van der Waals surface area contributed by atoms with Crippen LogP contribution >= 0.6 is 0 Å². The fraction of sp³-hybridized carbons (Fsp3) is 0.577. The number of rotatable bonds is 6. The molecule has 13 nitrogen and oxygen atoms in total. The van der Waals surface area contributed by atoms with Crippen LogP contribution in [0.5, 0.6) is 0 Å². The Bertz CT molecular complexity index is 1290. The van der Waals surface area contributed by atoms with Crippen molar-refractivity contribution in [1.82, 2.24) is 35.7 Å². The molecule has 39 heavy (non-hydrogen) atoms. The second-order valence-electron chi connectivity index (χ2n) is 11.5. The highest BCUT2D eigenvalue weighted by Crippen LogP contribution is 2.39. The summed E-state index contributed by atoms with van der Waals surface area (Å²) in [6.07, 6.45) is 0.466. The van der Waals surface area contributed by atoms with E-state index in [1.165, 1.54) is 4.90 Å². The number of nitrogens with zero attached hydrogens (tertiary/aromatic N) is 7. The molecule has 206 valence electrons. The Morgan fingerprint density at radius 1 is 1.26 bits per heavy atom. The standard InChI is InChI=1S/C26H33N9O4/c1-15-9-16(11-27)34(12-15)23(36)19(28-25(38)39-26(2,3)4)14-33-13-17-10-21(33)24(37)35(17)20-8-6-5-7-18(20)22-29-31-32-30-22/h5-8,15-17,19,21H,9-10,12-14H2,1-4H3,(H,28,38)(H,29,30,31,32)/t15?,16?,17-,19?,21?/m0/s1. The van der Waals surface area contributed by atoms with Gasteiger partial charge in [0.2, 0.25) is 11.8 Å². The van der Waals surface area contributed by atoms with Crippen molar-refractivity contribution in [3.63, 3.8) is 0 Å². The van der Waals surface area contributed by atoms with Crippen molar-refractivity contribution in [3.8, 4) is 17.5 Å². The van der Waals surface area contributed by atoms with Gasteiger partial charge >= 0.3 is 6.09 Å². The number of para-hydroxylation sites is 1. The van der Waals surface area contributed by atoms with Crippen molar-refractivity contribution >= 4 is 23.6 Å². The zero-order valence-electron chi connectivity index (χ0n) is 22.5. The van der Waals surface area contributed by atoms with Crippen LogP contribution in [0.15, 0.2) is 24.3 Å². The van der Waals surface area contributed by atoms with Crippen LogP contribution in [0, 0.1) is 17.2 Å². The van der Waals surface area contributed by atoms with Gasteiger partial charge in [0.15, 0.2) is 5.82 Å². The third kappa shape index (κ3) is 5.29. The zero-order valence-corrected chi connectivity index (χ0v) is 22.5. The second kappa shape index (κ2) is 10.3. The number of hydrogen-bond donors (Lipinski definition) is 2. The van der Waals surface area contributed by atoms with E-state index in [1.807, 2.05) is 36.1 Å². The summed E-state index contributed by atoms with van der Waals surface area (Å²) >= 11 is 0. The van der Waals surface area contributed by atoms with Crippen LogP contribution in [-0.4, -0.2) is 97.7 Å². The van der Waals surface area contributed by atoms with E-state index in [-0.39, 0.29) is 30.3 Å². The second-order valence-corrected chi connectivity index (χ2v) is 11.5. The van der Waals surface area contributed by atoms with Crippen LogP contribution in [0.2, 0.25) is 0 Å². The van der Waals surface area contributed by atoms with Gasteiger partial charge in [0.1, 0.15) is 17.7 Å². The number of anilines is 1. The lowest BCUT2D eigenvalue weighted by Gasteiger charge is -2.37. The van der Waals surface area contributed by atoms with Gasteiger partial charge in [-0.3, -0.25) is 14.5 Å². The summed E-state index contributed by atoms with van der Waals surface area (Å²) < 4.78 is 5.43. The number of alkyl carbamates (subject to hydrolysis) is 1. The molecule has 2 aromatic rings. The maximum Gasteiger partial charge on any atom is 0.408 e. The highest BCUT2D eigenvalue weighted by atomic mass is 16.6. The summed E-state index contributed by atoms with van der Waals surface area (Å²) in [7, 11) is 0. The number of benzene rings is 1. The maximum absolute atomic E-state index is 13.7. The summed E-state index contributed by atoms with van der Waals surface area (Å²) in [6.45, 7) is 8.33. The summed E-state index contributed by atoms with van der Waals surface area (Å²) in [6, 6.07) is 7.58. The quantitative estimate of drug-likeness (QED) is 0.556. The van der Waals surface area contributed by atoms with Gasteiger partial charge in [-0.2, -0.15) is 5.26 Å². The third-order valence-corrected chi connectivity index (χ3v) is 7.38. The number of likely N-dealkylation sites (tertiary alicyclic amines) is 2. The molecular weight excluding hydrogens is 502 g/mol. The topological polar surface area (TPSA) is 160 Å². The molecule has 3 fully saturated rings. The van der Waals surface area contributed by atoms with Crippen LogP contribution < -0.4 is 10.2 Å². The van der Waals surface area contributed by atoms with Gasteiger partial charge in [-0.25, -0.2) is 9.89 Å². The van der Waals surface area contributed by atoms with E-state index >= 15 is 0 Å². The number of fused-ring (bicyclic) bond motifs is 2.